The molecule has 2 aliphatic heterocycles. The Morgan fingerprint density at radius 1 is 1.00 bits per heavy atom. The van der Waals surface area contributed by atoms with Crippen molar-refractivity contribution < 1.29 is 33.8 Å². The van der Waals surface area contributed by atoms with Crippen LogP contribution in [0.25, 0.3) is 11.4 Å². The molecule has 1 aromatic carbocycles. The molecule has 5 rings (SSSR count). The third kappa shape index (κ3) is 6.67. The van der Waals surface area contributed by atoms with E-state index in [-0.39, 0.29) is 42.2 Å². The van der Waals surface area contributed by atoms with E-state index in [1.54, 1.807) is 15.9 Å². The van der Waals surface area contributed by atoms with Crippen molar-refractivity contribution in [3.8, 4) is 11.4 Å². The molecule has 3 amide bonds. The molecule has 1 unspecified atom stereocenters. The average Bonchev–Trinajstić information content (AvgIpc) is 3.40. The zero-order chi connectivity index (χ0) is 28.9. The van der Waals surface area contributed by atoms with Crippen molar-refractivity contribution in [1.29, 1.82) is 0 Å². The number of nitrogens with zero attached hydrogens (tertiary/aromatic N) is 5. The predicted octanol–water partition coefficient (Wildman–Crippen LogP) is 2.08. The number of amides is 3. The molecule has 0 bridgehead atoms. The van der Waals surface area contributed by atoms with Gasteiger partial charge >= 0.3 is 12.2 Å². The maximum atomic E-state index is 13.2. The number of piperazine rings is 1. The van der Waals surface area contributed by atoms with E-state index in [9.17, 15) is 19.2 Å². The van der Waals surface area contributed by atoms with Gasteiger partial charge in [0, 0.05) is 62.7 Å². The molecule has 3 heterocycles. The summed E-state index contributed by atoms with van der Waals surface area (Å²) in [6.45, 7) is 4.78. The second kappa shape index (κ2) is 12.4. The van der Waals surface area contributed by atoms with Gasteiger partial charge in [-0.15, -0.1) is 0 Å². The standard InChI is InChI=1S/C28H34N6O7/c1-2-3-13-40-27(37)33-11-9-32(10-12-33)23(35)15-29-26(36)21-14-22(31-25(30-21)18-7-5-4-6-8-18)34-16-19-20(17-34)24(19)41-28(38)39/h4-8,14,19-20,24H,2-3,9-13,15-17H2,1H3,(H,29,36)(H,38,39)/t19-,20+,24?. The van der Waals surface area contributed by atoms with E-state index in [0.29, 0.717) is 57.5 Å². The van der Waals surface area contributed by atoms with Crippen LogP contribution in [0.5, 0.6) is 0 Å². The van der Waals surface area contributed by atoms with E-state index in [2.05, 4.69) is 15.3 Å². The topological polar surface area (TPSA) is 154 Å². The van der Waals surface area contributed by atoms with Gasteiger partial charge in [-0.3, -0.25) is 9.59 Å². The fraction of sp³-hybridized carbons (Fsp3) is 0.500. The van der Waals surface area contributed by atoms with Crippen LogP contribution in [0.1, 0.15) is 30.3 Å². The number of nitrogens with one attached hydrogen (secondary N) is 1. The lowest BCUT2D eigenvalue weighted by Gasteiger charge is -2.34. The summed E-state index contributed by atoms with van der Waals surface area (Å²) in [5, 5.41) is 11.6. The van der Waals surface area contributed by atoms with E-state index < -0.39 is 12.1 Å². The normalized spacial score (nSPS) is 21.2. The number of hydrogen-bond donors (Lipinski definition) is 2. The third-order valence-electron chi connectivity index (χ3n) is 7.67. The van der Waals surface area contributed by atoms with Crippen LogP contribution < -0.4 is 10.2 Å². The summed E-state index contributed by atoms with van der Waals surface area (Å²) in [7, 11) is 0. The van der Waals surface area contributed by atoms with E-state index in [0.717, 1.165) is 18.4 Å². The molecule has 13 heteroatoms. The van der Waals surface area contributed by atoms with Gasteiger partial charge in [0.05, 0.1) is 13.2 Å². The lowest BCUT2D eigenvalue weighted by molar-refractivity contribution is -0.131. The number of rotatable bonds is 9. The highest BCUT2D eigenvalue weighted by atomic mass is 16.7. The second-order valence-corrected chi connectivity index (χ2v) is 10.4. The minimum atomic E-state index is -1.27. The number of piperidine rings is 1. The molecule has 0 spiro atoms. The third-order valence-corrected chi connectivity index (χ3v) is 7.67. The molecule has 1 aliphatic carbocycles. The lowest BCUT2D eigenvalue weighted by Crippen LogP contribution is -2.52. The molecule has 2 N–H and O–H groups in total. The number of aromatic nitrogens is 2. The van der Waals surface area contributed by atoms with Crippen molar-refractivity contribution >= 4 is 29.9 Å². The maximum absolute atomic E-state index is 13.2. The molecule has 2 saturated heterocycles. The summed E-state index contributed by atoms with van der Waals surface area (Å²) in [6.07, 6.45) is -0.195. The molecular formula is C28H34N6O7. The average molecular weight is 567 g/mol. The molecule has 218 valence electrons. The summed E-state index contributed by atoms with van der Waals surface area (Å²) < 4.78 is 10.2. The molecule has 3 aliphatic rings. The van der Waals surface area contributed by atoms with E-state index in [1.807, 2.05) is 42.2 Å². The number of hydrogen-bond acceptors (Lipinski definition) is 9. The minimum absolute atomic E-state index is 0.0924. The van der Waals surface area contributed by atoms with Crippen LogP contribution >= 0.6 is 0 Å². The van der Waals surface area contributed by atoms with Crippen LogP contribution in [0, 0.1) is 11.8 Å². The minimum Gasteiger partial charge on any atom is -0.450 e. The molecule has 3 atom stereocenters. The highest BCUT2D eigenvalue weighted by Crippen LogP contribution is 2.48. The number of carbonyl (C=O) groups excluding carboxylic acids is 3. The zero-order valence-corrected chi connectivity index (χ0v) is 22.9. The number of fused-ring (bicyclic) bond motifs is 1. The van der Waals surface area contributed by atoms with Crippen molar-refractivity contribution in [2.75, 3.05) is 57.3 Å². The van der Waals surface area contributed by atoms with Crippen LogP contribution in [-0.2, 0) is 14.3 Å². The molecule has 41 heavy (non-hydrogen) atoms. The summed E-state index contributed by atoms with van der Waals surface area (Å²) in [5.74, 6) is 0.358. The van der Waals surface area contributed by atoms with Crippen LogP contribution in [0.3, 0.4) is 0 Å². The summed E-state index contributed by atoms with van der Waals surface area (Å²) in [5.41, 5.74) is 0.863. The van der Waals surface area contributed by atoms with Gasteiger partial charge in [-0.1, -0.05) is 43.7 Å². The number of ether oxygens (including phenoxy) is 2. The lowest BCUT2D eigenvalue weighted by atomic mass is 10.2. The first-order valence-electron chi connectivity index (χ1n) is 13.9. The Morgan fingerprint density at radius 3 is 2.34 bits per heavy atom. The van der Waals surface area contributed by atoms with E-state index >= 15 is 0 Å². The summed E-state index contributed by atoms with van der Waals surface area (Å²) in [4.78, 5) is 63.4. The van der Waals surface area contributed by atoms with Gasteiger partial charge in [-0.2, -0.15) is 0 Å². The number of benzene rings is 1. The van der Waals surface area contributed by atoms with Crippen LogP contribution in [0.2, 0.25) is 0 Å². The quantitative estimate of drug-likeness (QED) is 0.341. The van der Waals surface area contributed by atoms with Crippen molar-refractivity contribution in [2.45, 2.75) is 25.9 Å². The fourth-order valence-electron chi connectivity index (χ4n) is 5.27. The first kappa shape index (κ1) is 28.1. The molecule has 1 saturated carbocycles. The second-order valence-electron chi connectivity index (χ2n) is 10.4. The summed E-state index contributed by atoms with van der Waals surface area (Å²) in [6, 6.07) is 10.9. The van der Waals surface area contributed by atoms with Gasteiger partial charge in [-0.25, -0.2) is 19.6 Å². The number of carboxylic acid groups (broad SMARTS) is 1. The van der Waals surface area contributed by atoms with E-state index in [1.165, 1.54) is 0 Å². The van der Waals surface area contributed by atoms with Crippen molar-refractivity contribution in [3.63, 3.8) is 0 Å². The molecular weight excluding hydrogens is 532 g/mol. The number of unbranched alkanes of at least 4 members (excludes halogenated alkanes) is 1. The number of carbonyl (C=O) groups is 4. The van der Waals surface area contributed by atoms with Crippen LogP contribution in [0.15, 0.2) is 36.4 Å². The molecule has 0 radical (unpaired) electrons. The van der Waals surface area contributed by atoms with Crippen LogP contribution in [-0.4, -0.2) is 107 Å². The molecule has 1 aromatic heterocycles. The SMILES string of the molecule is CCCCOC(=O)N1CCN(C(=O)CNC(=O)c2cc(N3C[C@@H]4C(OC(=O)O)[C@@H]4C3)nc(-c3ccccc3)n2)CC1. The van der Waals surface area contributed by atoms with Gasteiger partial charge in [0.1, 0.15) is 17.6 Å². The fourth-order valence-corrected chi connectivity index (χ4v) is 5.27. The first-order chi connectivity index (χ1) is 19.8. The van der Waals surface area contributed by atoms with Crippen molar-refractivity contribution in [2.24, 2.45) is 11.8 Å². The molecule has 2 aromatic rings. The Kier molecular flexibility index (Phi) is 8.50. The Labute approximate surface area is 237 Å². The first-order valence-corrected chi connectivity index (χ1v) is 13.9. The Hall–Kier alpha value is -4.42. The van der Waals surface area contributed by atoms with Gasteiger partial charge < -0.3 is 34.6 Å². The smallest absolute Gasteiger partial charge is 0.450 e. The largest absolute Gasteiger partial charge is 0.506 e. The Balaban J connectivity index is 1.19. The zero-order valence-electron chi connectivity index (χ0n) is 22.9. The molecule has 13 nitrogen and oxygen atoms in total. The van der Waals surface area contributed by atoms with Gasteiger partial charge in [0.2, 0.25) is 5.91 Å². The highest BCUT2D eigenvalue weighted by molar-refractivity contribution is 5.96. The van der Waals surface area contributed by atoms with Crippen molar-refractivity contribution in [3.05, 3.63) is 42.1 Å². The highest BCUT2D eigenvalue weighted by Gasteiger charge is 2.59. The number of anilines is 1. The van der Waals surface area contributed by atoms with Gasteiger partial charge in [0.15, 0.2) is 5.82 Å². The van der Waals surface area contributed by atoms with Gasteiger partial charge in [0.25, 0.3) is 5.91 Å². The monoisotopic (exact) mass is 566 g/mol. The van der Waals surface area contributed by atoms with Crippen molar-refractivity contribution in [1.82, 2.24) is 25.1 Å². The Morgan fingerprint density at radius 2 is 1.68 bits per heavy atom. The Bertz CT molecular complexity index is 1270. The summed E-state index contributed by atoms with van der Waals surface area (Å²) >= 11 is 0. The van der Waals surface area contributed by atoms with E-state index in [4.69, 9.17) is 14.6 Å². The maximum Gasteiger partial charge on any atom is 0.506 e. The van der Waals surface area contributed by atoms with Gasteiger partial charge in [-0.05, 0) is 6.42 Å². The predicted molar refractivity (Wildman–Crippen MR) is 146 cm³/mol. The molecule has 3 fully saturated rings. The van der Waals surface area contributed by atoms with Crippen LogP contribution in [0.4, 0.5) is 15.4 Å².